The zero-order chi connectivity index (χ0) is 13.1. The van der Waals surface area contributed by atoms with Gasteiger partial charge in [-0.25, -0.2) is 0 Å². The van der Waals surface area contributed by atoms with E-state index in [1.54, 1.807) is 17.5 Å². The van der Waals surface area contributed by atoms with Crippen LogP contribution < -0.4 is 11.1 Å². The monoisotopic (exact) mass is 263 g/mol. The molecule has 0 saturated carbocycles. The van der Waals surface area contributed by atoms with Crippen molar-refractivity contribution in [1.29, 1.82) is 0 Å². The summed E-state index contributed by atoms with van der Waals surface area (Å²) < 4.78 is 0. The molecule has 0 radical (unpaired) electrons. The topological polar surface area (TPSA) is 98.3 Å². The number of anilines is 2. The second kappa shape index (κ2) is 4.84. The molecule has 0 aliphatic heterocycles. The molecule has 0 unspecified atom stereocenters. The first-order chi connectivity index (χ1) is 8.58. The van der Waals surface area contributed by atoms with Gasteiger partial charge in [-0.1, -0.05) is 6.07 Å². The van der Waals surface area contributed by atoms with Crippen LogP contribution in [0.5, 0.6) is 0 Å². The number of nitrogens with one attached hydrogen (secondary N) is 1. The molecule has 0 saturated heterocycles. The van der Waals surface area contributed by atoms with E-state index in [0.717, 1.165) is 0 Å². The molecule has 7 heteroatoms. The molecule has 2 aromatic rings. The summed E-state index contributed by atoms with van der Waals surface area (Å²) in [5.74, 6) is -0.336. The number of benzene rings is 1. The van der Waals surface area contributed by atoms with Crippen molar-refractivity contribution in [1.82, 2.24) is 0 Å². The fourth-order valence-corrected chi connectivity index (χ4v) is 1.98. The predicted molar refractivity (Wildman–Crippen MR) is 69.8 cm³/mol. The zero-order valence-electron chi connectivity index (χ0n) is 9.12. The zero-order valence-corrected chi connectivity index (χ0v) is 9.94. The summed E-state index contributed by atoms with van der Waals surface area (Å²) in [6, 6.07) is 7.32. The summed E-state index contributed by atoms with van der Waals surface area (Å²) in [7, 11) is 0. The molecule has 6 nitrogen and oxygen atoms in total. The average molecular weight is 263 g/mol. The average Bonchev–Trinajstić information content (AvgIpc) is 2.85. The Hall–Kier alpha value is -2.41. The highest BCUT2D eigenvalue weighted by Crippen LogP contribution is 2.25. The van der Waals surface area contributed by atoms with Crippen LogP contribution in [0.15, 0.2) is 35.7 Å². The lowest BCUT2D eigenvalue weighted by molar-refractivity contribution is -0.384. The molecule has 1 aromatic heterocycles. The highest BCUT2D eigenvalue weighted by Gasteiger charge is 2.13. The molecule has 0 atom stereocenters. The third-order valence-electron chi connectivity index (χ3n) is 2.24. The van der Waals surface area contributed by atoms with E-state index in [-0.39, 0.29) is 23.0 Å². The van der Waals surface area contributed by atoms with E-state index >= 15 is 0 Å². The Kier molecular flexibility index (Phi) is 3.24. The van der Waals surface area contributed by atoms with Crippen molar-refractivity contribution in [3.05, 3.63) is 50.7 Å². The van der Waals surface area contributed by atoms with Crippen molar-refractivity contribution in [2.24, 2.45) is 0 Å². The number of nitro benzene ring substituents is 1. The van der Waals surface area contributed by atoms with Crippen molar-refractivity contribution < 1.29 is 9.72 Å². The Morgan fingerprint density at radius 2 is 2.17 bits per heavy atom. The second-order valence-electron chi connectivity index (χ2n) is 3.46. The molecule has 2 rings (SSSR count). The molecule has 1 heterocycles. The first-order valence-corrected chi connectivity index (χ1v) is 5.84. The van der Waals surface area contributed by atoms with E-state index in [4.69, 9.17) is 5.73 Å². The van der Waals surface area contributed by atoms with Gasteiger partial charge in [0.2, 0.25) is 0 Å². The Balaban J connectivity index is 2.26. The van der Waals surface area contributed by atoms with Crippen LogP contribution in [-0.2, 0) is 0 Å². The Morgan fingerprint density at radius 3 is 2.78 bits per heavy atom. The van der Waals surface area contributed by atoms with Gasteiger partial charge < -0.3 is 11.1 Å². The lowest BCUT2D eigenvalue weighted by atomic mass is 10.2. The largest absolute Gasteiger partial charge is 0.397 e. The number of rotatable bonds is 3. The highest BCUT2D eigenvalue weighted by atomic mass is 32.1. The van der Waals surface area contributed by atoms with Gasteiger partial charge >= 0.3 is 0 Å². The molecule has 0 aliphatic rings. The van der Waals surface area contributed by atoms with Gasteiger partial charge in [0.05, 0.1) is 21.2 Å². The Bertz CT molecular complexity index is 596. The van der Waals surface area contributed by atoms with Crippen LogP contribution in [0.1, 0.15) is 9.67 Å². The summed E-state index contributed by atoms with van der Waals surface area (Å²) >= 11 is 1.28. The number of nitrogens with zero attached hydrogens (tertiary/aromatic N) is 1. The number of carbonyl (C=O) groups excluding carboxylic acids is 1. The summed E-state index contributed by atoms with van der Waals surface area (Å²) in [4.78, 5) is 22.4. The summed E-state index contributed by atoms with van der Waals surface area (Å²) in [6.45, 7) is 0. The molecular formula is C11H9N3O3S. The quantitative estimate of drug-likeness (QED) is 0.505. The van der Waals surface area contributed by atoms with E-state index in [0.29, 0.717) is 4.88 Å². The number of hydrogen-bond donors (Lipinski definition) is 2. The van der Waals surface area contributed by atoms with Crippen LogP contribution in [0.4, 0.5) is 17.1 Å². The predicted octanol–water partition coefficient (Wildman–Crippen LogP) is 2.49. The van der Waals surface area contributed by atoms with E-state index in [9.17, 15) is 14.9 Å². The lowest BCUT2D eigenvalue weighted by Gasteiger charge is -2.06. The lowest BCUT2D eigenvalue weighted by Crippen LogP contribution is -2.11. The van der Waals surface area contributed by atoms with Crippen LogP contribution in [0.2, 0.25) is 0 Å². The van der Waals surface area contributed by atoms with Gasteiger partial charge in [0, 0.05) is 12.1 Å². The fraction of sp³-hybridized carbons (Fsp3) is 0. The summed E-state index contributed by atoms with van der Waals surface area (Å²) in [6.07, 6.45) is 0. The van der Waals surface area contributed by atoms with Crippen molar-refractivity contribution in [3.8, 4) is 0 Å². The SMILES string of the molecule is Nc1ccc([N+](=O)[O-])cc1NC(=O)c1cccs1. The highest BCUT2D eigenvalue weighted by molar-refractivity contribution is 7.12. The standard InChI is InChI=1S/C11H9N3O3S/c12-8-4-3-7(14(16)17)6-9(8)13-11(15)10-2-1-5-18-10/h1-6H,12H2,(H,13,15). The number of non-ortho nitro benzene ring substituents is 1. The molecule has 1 aromatic carbocycles. The number of hydrogen-bond acceptors (Lipinski definition) is 5. The van der Waals surface area contributed by atoms with Gasteiger partial charge in [-0.05, 0) is 17.5 Å². The van der Waals surface area contributed by atoms with Gasteiger partial charge in [-0.2, -0.15) is 0 Å². The maximum atomic E-state index is 11.8. The van der Waals surface area contributed by atoms with E-state index < -0.39 is 4.92 Å². The van der Waals surface area contributed by atoms with Crippen molar-refractivity contribution in [3.63, 3.8) is 0 Å². The molecule has 1 amide bonds. The summed E-state index contributed by atoms with van der Waals surface area (Å²) in [5.41, 5.74) is 6.06. The minimum absolute atomic E-state index is 0.120. The number of amides is 1. The van der Waals surface area contributed by atoms with Gasteiger partial charge in [0.1, 0.15) is 0 Å². The molecule has 0 spiro atoms. The van der Waals surface area contributed by atoms with Crippen molar-refractivity contribution in [2.45, 2.75) is 0 Å². The van der Waals surface area contributed by atoms with Gasteiger partial charge in [0.15, 0.2) is 0 Å². The summed E-state index contributed by atoms with van der Waals surface area (Å²) in [5, 5.41) is 15.0. The maximum absolute atomic E-state index is 11.8. The first kappa shape index (κ1) is 12.1. The third-order valence-corrected chi connectivity index (χ3v) is 3.11. The second-order valence-corrected chi connectivity index (χ2v) is 4.41. The first-order valence-electron chi connectivity index (χ1n) is 4.96. The molecule has 0 aliphatic carbocycles. The van der Waals surface area contributed by atoms with Crippen LogP contribution in [-0.4, -0.2) is 10.8 Å². The third kappa shape index (κ3) is 2.46. The minimum Gasteiger partial charge on any atom is -0.397 e. The fourth-order valence-electron chi connectivity index (χ4n) is 1.36. The van der Waals surface area contributed by atoms with Crippen molar-refractivity contribution in [2.75, 3.05) is 11.1 Å². The van der Waals surface area contributed by atoms with Crippen LogP contribution >= 0.6 is 11.3 Å². The van der Waals surface area contributed by atoms with Gasteiger partial charge in [0.25, 0.3) is 11.6 Å². The van der Waals surface area contributed by atoms with Crippen LogP contribution in [0.25, 0.3) is 0 Å². The van der Waals surface area contributed by atoms with Crippen LogP contribution in [0, 0.1) is 10.1 Å². The maximum Gasteiger partial charge on any atom is 0.271 e. The van der Waals surface area contributed by atoms with E-state index in [1.807, 2.05) is 0 Å². The number of nitro groups is 1. The normalized spacial score (nSPS) is 10.0. The van der Waals surface area contributed by atoms with Crippen LogP contribution in [0.3, 0.4) is 0 Å². The van der Waals surface area contributed by atoms with E-state index in [2.05, 4.69) is 5.32 Å². The number of nitrogens with two attached hydrogens (primary N) is 1. The number of carbonyl (C=O) groups is 1. The number of thiophene rings is 1. The smallest absolute Gasteiger partial charge is 0.271 e. The minimum atomic E-state index is -0.541. The van der Waals surface area contributed by atoms with Gasteiger partial charge in [-0.15, -0.1) is 11.3 Å². The number of nitrogen functional groups attached to an aromatic ring is 1. The van der Waals surface area contributed by atoms with E-state index in [1.165, 1.54) is 29.5 Å². The molecule has 0 bridgehead atoms. The molecule has 0 fully saturated rings. The van der Waals surface area contributed by atoms with Gasteiger partial charge in [-0.3, -0.25) is 14.9 Å². The Morgan fingerprint density at radius 1 is 1.39 bits per heavy atom. The Labute approximate surface area is 106 Å². The molecule has 18 heavy (non-hydrogen) atoms. The molecular weight excluding hydrogens is 254 g/mol. The van der Waals surface area contributed by atoms with Crippen molar-refractivity contribution >= 4 is 34.3 Å². The molecule has 3 N–H and O–H groups in total. The molecule has 92 valence electrons.